The summed E-state index contributed by atoms with van der Waals surface area (Å²) in [4.78, 5) is 0. The van der Waals surface area contributed by atoms with E-state index in [9.17, 15) is 0 Å². The lowest BCUT2D eigenvalue weighted by Gasteiger charge is -2.15. The van der Waals surface area contributed by atoms with E-state index in [0.29, 0.717) is 12.0 Å². The third-order valence-electron chi connectivity index (χ3n) is 3.52. The Hall–Kier alpha value is -0.820. The third kappa shape index (κ3) is 2.40. The molecule has 1 aromatic carbocycles. The van der Waals surface area contributed by atoms with Crippen LogP contribution in [0.15, 0.2) is 24.3 Å². The van der Waals surface area contributed by atoms with Crippen molar-refractivity contribution in [2.75, 3.05) is 0 Å². The molecule has 15 heavy (non-hydrogen) atoms. The molecule has 0 spiro atoms. The fourth-order valence-electron chi connectivity index (χ4n) is 2.62. The van der Waals surface area contributed by atoms with Gasteiger partial charge in [0.1, 0.15) is 0 Å². The van der Waals surface area contributed by atoms with Gasteiger partial charge in [-0.1, -0.05) is 44.0 Å². The molecule has 2 N–H and O–H groups in total. The van der Waals surface area contributed by atoms with E-state index in [2.05, 4.69) is 31.2 Å². The van der Waals surface area contributed by atoms with E-state index in [1.807, 2.05) is 0 Å². The first-order valence-corrected chi connectivity index (χ1v) is 6.15. The number of hydrogen-bond acceptors (Lipinski definition) is 1. The Kier molecular flexibility index (Phi) is 3.42. The molecule has 0 bridgehead atoms. The fraction of sp³-hybridized carbons (Fsp3) is 0.571. The highest BCUT2D eigenvalue weighted by molar-refractivity contribution is 5.27. The molecule has 1 heteroatoms. The maximum Gasteiger partial charge on any atom is 0.0108 e. The predicted molar refractivity (Wildman–Crippen MR) is 65.0 cm³/mol. The molecule has 2 unspecified atom stereocenters. The van der Waals surface area contributed by atoms with Gasteiger partial charge in [0.2, 0.25) is 0 Å². The first kappa shape index (κ1) is 10.7. The summed E-state index contributed by atoms with van der Waals surface area (Å²) in [5.41, 5.74) is 9.00. The van der Waals surface area contributed by atoms with Crippen LogP contribution < -0.4 is 5.73 Å². The van der Waals surface area contributed by atoms with Crippen molar-refractivity contribution in [1.82, 2.24) is 0 Å². The van der Waals surface area contributed by atoms with Crippen LogP contribution in [0.3, 0.4) is 0 Å². The van der Waals surface area contributed by atoms with Crippen molar-refractivity contribution < 1.29 is 0 Å². The highest BCUT2D eigenvalue weighted by Crippen LogP contribution is 2.33. The zero-order valence-electron chi connectivity index (χ0n) is 9.58. The van der Waals surface area contributed by atoms with Gasteiger partial charge in [-0.3, -0.25) is 0 Å². The molecular weight excluding hydrogens is 182 g/mol. The summed E-state index contributed by atoms with van der Waals surface area (Å²) in [6.45, 7) is 2.22. The van der Waals surface area contributed by atoms with Gasteiger partial charge in [-0.2, -0.15) is 0 Å². The highest BCUT2D eigenvalue weighted by Gasteiger charge is 2.24. The van der Waals surface area contributed by atoms with Crippen molar-refractivity contribution in [3.63, 3.8) is 0 Å². The zero-order valence-corrected chi connectivity index (χ0v) is 9.58. The van der Waals surface area contributed by atoms with Gasteiger partial charge in [-0.05, 0) is 36.3 Å². The molecule has 0 radical (unpaired) electrons. The molecule has 0 saturated heterocycles. The van der Waals surface area contributed by atoms with Crippen molar-refractivity contribution in [3.8, 4) is 0 Å². The minimum atomic E-state index is 0.391. The second-order valence-electron chi connectivity index (χ2n) is 4.69. The van der Waals surface area contributed by atoms with Gasteiger partial charge < -0.3 is 5.73 Å². The summed E-state index contributed by atoms with van der Waals surface area (Å²) in [6.07, 6.45) is 6.18. The van der Waals surface area contributed by atoms with Crippen LogP contribution in [0.1, 0.15) is 49.7 Å². The lowest BCUT2D eigenvalue weighted by Crippen LogP contribution is -2.22. The Labute approximate surface area is 92.7 Å². The molecular formula is C14H21N. The van der Waals surface area contributed by atoms with Gasteiger partial charge in [-0.15, -0.1) is 0 Å². The smallest absolute Gasteiger partial charge is 0.0108 e. The quantitative estimate of drug-likeness (QED) is 0.802. The number of nitrogens with two attached hydrogens (primary N) is 1. The Bertz CT molecular complexity index is 302. The fourth-order valence-corrected chi connectivity index (χ4v) is 2.62. The molecule has 0 aliphatic heterocycles. The van der Waals surface area contributed by atoms with Crippen LogP contribution in [-0.2, 0) is 6.42 Å². The Morgan fingerprint density at radius 1 is 1.20 bits per heavy atom. The van der Waals surface area contributed by atoms with Gasteiger partial charge in [0.25, 0.3) is 0 Å². The molecule has 82 valence electrons. The maximum absolute atomic E-state index is 6.11. The topological polar surface area (TPSA) is 26.0 Å². The van der Waals surface area contributed by atoms with E-state index >= 15 is 0 Å². The number of rotatable bonds is 3. The summed E-state index contributed by atoms with van der Waals surface area (Å²) >= 11 is 0. The van der Waals surface area contributed by atoms with E-state index < -0.39 is 0 Å². The van der Waals surface area contributed by atoms with E-state index in [1.165, 1.54) is 43.2 Å². The normalized spacial score (nSPS) is 25.7. The predicted octanol–water partition coefficient (Wildman–Crippen LogP) is 3.23. The molecule has 0 amide bonds. The summed E-state index contributed by atoms with van der Waals surface area (Å²) in [7, 11) is 0. The van der Waals surface area contributed by atoms with E-state index in [4.69, 9.17) is 5.73 Å². The summed E-state index contributed by atoms with van der Waals surface area (Å²) < 4.78 is 0. The van der Waals surface area contributed by atoms with Crippen LogP contribution in [0.5, 0.6) is 0 Å². The SMILES string of the molecule is CCCc1ccc(C2CCCC2N)cc1. The molecule has 2 atom stereocenters. The summed E-state index contributed by atoms with van der Waals surface area (Å²) in [5, 5.41) is 0. The lowest BCUT2D eigenvalue weighted by molar-refractivity contribution is 0.613. The lowest BCUT2D eigenvalue weighted by atomic mass is 9.93. The molecule has 1 nitrogen and oxygen atoms in total. The second-order valence-corrected chi connectivity index (χ2v) is 4.69. The summed E-state index contributed by atoms with van der Waals surface area (Å²) in [5.74, 6) is 0.612. The van der Waals surface area contributed by atoms with Crippen molar-refractivity contribution in [2.45, 2.75) is 51.0 Å². The Balaban J connectivity index is 2.09. The second kappa shape index (κ2) is 4.80. The largest absolute Gasteiger partial charge is 0.327 e. The van der Waals surface area contributed by atoms with Gasteiger partial charge in [0.05, 0.1) is 0 Å². The van der Waals surface area contributed by atoms with Crippen molar-refractivity contribution in [3.05, 3.63) is 35.4 Å². The molecule has 1 aromatic rings. The first-order chi connectivity index (χ1) is 7.31. The molecule has 1 aliphatic rings. The first-order valence-electron chi connectivity index (χ1n) is 6.15. The van der Waals surface area contributed by atoms with Crippen LogP contribution in [0.2, 0.25) is 0 Å². The molecule has 2 rings (SSSR count). The van der Waals surface area contributed by atoms with Gasteiger partial charge in [0.15, 0.2) is 0 Å². The monoisotopic (exact) mass is 203 g/mol. The highest BCUT2D eigenvalue weighted by atomic mass is 14.7. The molecule has 0 aromatic heterocycles. The van der Waals surface area contributed by atoms with E-state index in [0.717, 1.165) is 0 Å². The standard InChI is InChI=1S/C14H21N/c1-2-4-11-7-9-12(10-8-11)13-5-3-6-14(13)15/h7-10,13-14H,2-6,15H2,1H3. The molecule has 1 aliphatic carbocycles. The third-order valence-corrected chi connectivity index (χ3v) is 3.52. The van der Waals surface area contributed by atoms with Gasteiger partial charge in [0, 0.05) is 6.04 Å². The van der Waals surface area contributed by atoms with Crippen molar-refractivity contribution >= 4 is 0 Å². The summed E-state index contributed by atoms with van der Waals surface area (Å²) in [6, 6.07) is 9.48. The average molecular weight is 203 g/mol. The zero-order chi connectivity index (χ0) is 10.7. The Morgan fingerprint density at radius 3 is 2.47 bits per heavy atom. The minimum absolute atomic E-state index is 0.391. The average Bonchev–Trinajstić information content (AvgIpc) is 2.66. The van der Waals surface area contributed by atoms with Crippen LogP contribution in [0.25, 0.3) is 0 Å². The van der Waals surface area contributed by atoms with Gasteiger partial charge in [-0.25, -0.2) is 0 Å². The molecule has 1 saturated carbocycles. The van der Waals surface area contributed by atoms with Gasteiger partial charge >= 0.3 is 0 Å². The van der Waals surface area contributed by atoms with E-state index in [-0.39, 0.29) is 0 Å². The number of hydrogen-bond donors (Lipinski definition) is 1. The van der Waals surface area contributed by atoms with Crippen LogP contribution >= 0.6 is 0 Å². The molecule has 1 fully saturated rings. The maximum atomic E-state index is 6.11. The van der Waals surface area contributed by atoms with E-state index in [1.54, 1.807) is 0 Å². The van der Waals surface area contributed by atoms with Crippen molar-refractivity contribution in [2.24, 2.45) is 5.73 Å². The Morgan fingerprint density at radius 2 is 1.93 bits per heavy atom. The van der Waals surface area contributed by atoms with Crippen LogP contribution in [0.4, 0.5) is 0 Å². The minimum Gasteiger partial charge on any atom is -0.327 e. The molecule has 0 heterocycles. The number of aryl methyl sites for hydroxylation is 1. The number of benzene rings is 1. The van der Waals surface area contributed by atoms with Crippen LogP contribution in [0, 0.1) is 0 Å². The van der Waals surface area contributed by atoms with Crippen LogP contribution in [-0.4, -0.2) is 6.04 Å². The van der Waals surface area contributed by atoms with Crippen molar-refractivity contribution in [1.29, 1.82) is 0 Å².